The smallest absolute Gasteiger partial charge is 0.239 e. The van der Waals surface area contributed by atoms with E-state index in [2.05, 4.69) is 15.7 Å². The van der Waals surface area contributed by atoms with Crippen LogP contribution in [0.25, 0.3) is 0 Å². The maximum Gasteiger partial charge on any atom is 0.239 e. The number of carbonyl (C=O) groups excluding carboxylic acids is 2. The Balaban J connectivity index is 1.63. The fourth-order valence-corrected chi connectivity index (χ4v) is 3.05. The number of nitrogens with one attached hydrogen (secondary N) is 2. The maximum absolute atomic E-state index is 12.3. The van der Waals surface area contributed by atoms with Crippen LogP contribution >= 0.6 is 0 Å². The van der Waals surface area contributed by atoms with Crippen LogP contribution in [0, 0.1) is 13.8 Å². The summed E-state index contributed by atoms with van der Waals surface area (Å²) in [6, 6.07) is 7.58. The van der Waals surface area contributed by atoms with Gasteiger partial charge >= 0.3 is 0 Å². The van der Waals surface area contributed by atoms with Crippen molar-refractivity contribution in [2.45, 2.75) is 20.3 Å². The number of nitrogens with zero attached hydrogens (tertiary/aromatic N) is 3. The number of amides is 2. The molecule has 3 rings (SSSR count). The van der Waals surface area contributed by atoms with Crippen molar-refractivity contribution in [2.75, 3.05) is 29.9 Å². The predicted molar refractivity (Wildman–Crippen MR) is 96.7 cm³/mol. The lowest BCUT2D eigenvalue weighted by Crippen LogP contribution is -2.47. The summed E-state index contributed by atoms with van der Waals surface area (Å²) in [7, 11) is 1.88. The molecule has 1 aliphatic heterocycles. The van der Waals surface area contributed by atoms with Crippen molar-refractivity contribution in [1.29, 1.82) is 0 Å². The Bertz CT molecular complexity index is 795. The lowest BCUT2D eigenvalue weighted by Gasteiger charge is -2.28. The van der Waals surface area contributed by atoms with E-state index in [1.54, 1.807) is 4.68 Å². The van der Waals surface area contributed by atoms with Gasteiger partial charge in [-0.1, -0.05) is 0 Å². The number of piperazine rings is 1. The number of carbonyl (C=O) groups is 2. The second kappa shape index (κ2) is 6.96. The Hall–Kier alpha value is -2.83. The molecule has 0 bridgehead atoms. The lowest BCUT2D eigenvalue weighted by atomic mass is 10.1. The maximum atomic E-state index is 12.3. The normalized spacial score (nSPS) is 14.4. The molecule has 2 amide bonds. The summed E-state index contributed by atoms with van der Waals surface area (Å²) in [6.07, 6.45) is 0.305. The minimum Gasteiger partial charge on any atom is -0.360 e. The molecule has 1 aromatic heterocycles. The monoisotopic (exact) mass is 341 g/mol. The van der Waals surface area contributed by atoms with Crippen LogP contribution < -0.4 is 15.5 Å². The first-order chi connectivity index (χ1) is 11.9. The van der Waals surface area contributed by atoms with Crippen molar-refractivity contribution in [3.63, 3.8) is 0 Å². The van der Waals surface area contributed by atoms with Gasteiger partial charge in [-0.3, -0.25) is 14.3 Å². The van der Waals surface area contributed by atoms with E-state index < -0.39 is 0 Å². The molecule has 2 aromatic rings. The average Bonchev–Trinajstić information content (AvgIpc) is 2.82. The Kier molecular flexibility index (Phi) is 4.74. The van der Waals surface area contributed by atoms with Gasteiger partial charge < -0.3 is 15.5 Å². The van der Waals surface area contributed by atoms with E-state index in [-0.39, 0.29) is 11.8 Å². The van der Waals surface area contributed by atoms with Gasteiger partial charge in [0.05, 0.1) is 18.7 Å². The second-order valence-corrected chi connectivity index (χ2v) is 6.32. The van der Waals surface area contributed by atoms with Gasteiger partial charge in [-0.05, 0) is 38.1 Å². The van der Waals surface area contributed by atoms with Crippen LogP contribution in [0.5, 0.6) is 0 Å². The highest BCUT2D eigenvalue weighted by molar-refractivity contribution is 5.92. The average molecular weight is 341 g/mol. The van der Waals surface area contributed by atoms with Crippen molar-refractivity contribution in [2.24, 2.45) is 7.05 Å². The first kappa shape index (κ1) is 17.0. The third-order valence-electron chi connectivity index (χ3n) is 4.55. The van der Waals surface area contributed by atoms with Gasteiger partial charge in [0.25, 0.3) is 0 Å². The molecular formula is C18H23N5O2. The zero-order valence-corrected chi connectivity index (χ0v) is 14.8. The van der Waals surface area contributed by atoms with Crippen LogP contribution in [0.2, 0.25) is 0 Å². The Morgan fingerprint density at radius 1 is 1.28 bits per heavy atom. The Labute approximate surface area is 147 Å². The third kappa shape index (κ3) is 3.81. The highest BCUT2D eigenvalue weighted by atomic mass is 16.2. The highest BCUT2D eigenvalue weighted by Crippen LogP contribution is 2.19. The van der Waals surface area contributed by atoms with E-state index in [4.69, 9.17) is 0 Å². The van der Waals surface area contributed by atoms with Crippen molar-refractivity contribution in [3.8, 4) is 0 Å². The van der Waals surface area contributed by atoms with E-state index in [0.717, 1.165) is 34.9 Å². The minimum absolute atomic E-state index is 0.0332. The molecule has 132 valence electrons. The summed E-state index contributed by atoms with van der Waals surface area (Å²) < 4.78 is 1.79. The number of benzene rings is 1. The number of aromatic nitrogens is 2. The molecule has 0 radical (unpaired) electrons. The van der Waals surface area contributed by atoms with Crippen LogP contribution in [-0.4, -0.2) is 41.2 Å². The van der Waals surface area contributed by atoms with E-state index in [9.17, 15) is 9.59 Å². The van der Waals surface area contributed by atoms with Crippen molar-refractivity contribution >= 4 is 23.2 Å². The number of rotatable bonds is 4. The van der Waals surface area contributed by atoms with Crippen LogP contribution in [0.3, 0.4) is 0 Å². The molecule has 0 aliphatic carbocycles. The van der Waals surface area contributed by atoms with Crippen LogP contribution in [0.4, 0.5) is 11.4 Å². The van der Waals surface area contributed by atoms with Gasteiger partial charge in [0.1, 0.15) is 0 Å². The molecule has 0 spiro atoms. The second-order valence-electron chi connectivity index (χ2n) is 6.32. The zero-order chi connectivity index (χ0) is 18.0. The predicted octanol–water partition coefficient (Wildman–Crippen LogP) is 1.15. The molecule has 1 aromatic carbocycles. The molecule has 2 N–H and O–H groups in total. The van der Waals surface area contributed by atoms with Gasteiger partial charge in [-0.2, -0.15) is 5.10 Å². The molecule has 25 heavy (non-hydrogen) atoms. The Morgan fingerprint density at radius 2 is 2.00 bits per heavy atom. The molecule has 7 heteroatoms. The van der Waals surface area contributed by atoms with Gasteiger partial charge in [-0.15, -0.1) is 0 Å². The highest BCUT2D eigenvalue weighted by Gasteiger charge is 2.17. The molecule has 1 saturated heterocycles. The first-order valence-corrected chi connectivity index (χ1v) is 8.34. The summed E-state index contributed by atoms with van der Waals surface area (Å²) >= 11 is 0. The third-order valence-corrected chi connectivity index (χ3v) is 4.55. The lowest BCUT2D eigenvalue weighted by molar-refractivity contribution is -0.120. The van der Waals surface area contributed by atoms with E-state index >= 15 is 0 Å². The zero-order valence-electron chi connectivity index (χ0n) is 14.8. The summed E-state index contributed by atoms with van der Waals surface area (Å²) in [5, 5.41) is 10.1. The molecule has 7 nitrogen and oxygen atoms in total. The molecule has 1 fully saturated rings. The van der Waals surface area contributed by atoms with Crippen molar-refractivity contribution in [3.05, 3.63) is 41.2 Å². The van der Waals surface area contributed by atoms with Gasteiger partial charge in [0, 0.05) is 42.8 Å². The van der Waals surface area contributed by atoms with Gasteiger partial charge in [0.15, 0.2) is 0 Å². The molecule has 1 aliphatic rings. The molecular weight excluding hydrogens is 318 g/mol. The van der Waals surface area contributed by atoms with Crippen LogP contribution in [0.1, 0.15) is 17.0 Å². The molecule has 0 atom stereocenters. The summed E-state index contributed by atoms with van der Waals surface area (Å²) in [5.74, 6) is -0.0323. The van der Waals surface area contributed by atoms with Crippen LogP contribution in [-0.2, 0) is 23.1 Å². The topological polar surface area (TPSA) is 79.3 Å². The summed E-state index contributed by atoms with van der Waals surface area (Å²) in [5.41, 5.74) is 4.58. The molecule has 0 unspecified atom stereocenters. The molecule has 0 saturated carbocycles. The first-order valence-electron chi connectivity index (χ1n) is 8.34. The number of hydrogen-bond acceptors (Lipinski definition) is 4. The standard InChI is InChI=1S/C18H23N5O2/c1-12-16(13(2)22(3)21-12)10-17(24)20-14-4-6-15(7-5-14)23-9-8-19-18(25)11-23/h4-7H,8-11H2,1-3H3,(H,19,25)(H,20,24). The van der Waals surface area contributed by atoms with E-state index in [1.165, 1.54) is 0 Å². The van der Waals surface area contributed by atoms with Crippen LogP contribution in [0.15, 0.2) is 24.3 Å². The van der Waals surface area contributed by atoms with E-state index in [1.807, 2.05) is 50.1 Å². The Morgan fingerprint density at radius 3 is 2.60 bits per heavy atom. The van der Waals surface area contributed by atoms with Crippen molar-refractivity contribution < 1.29 is 9.59 Å². The summed E-state index contributed by atoms with van der Waals surface area (Å²) in [4.78, 5) is 25.8. The molecule has 2 heterocycles. The number of hydrogen-bond donors (Lipinski definition) is 2. The van der Waals surface area contributed by atoms with Crippen molar-refractivity contribution in [1.82, 2.24) is 15.1 Å². The van der Waals surface area contributed by atoms with Gasteiger partial charge in [-0.25, -0.2) is 0 Å². The number of aryl methyl sites for hydroxylation is 2. The van der Waals surface area contributed by atoms with Gasteiger partial charge in [0.2, 0.25) is 11.8 Å². The fourth-order valence-electron chi connectivity index (χ4n) is 3.05. The summed E-state index contributed by atoms with van der Waals surface area (Å²) in [6.45, 7) is 5.69. The largest absolute Gasteiger partial charge is 0.360 e. The fraction of sp³-hybridized carbons (Fsp3) is 0.389. The number of anilines is 2. The SMILES string of the molecule is Cc1nn(C)c(C)c1CC(=O)Nc1ccc(N2CCNC(=O)C2)cc1. The van der Waals surface area contributed by atoms with E-state index in [0.29, 0.717) is 19.5 Å². The minimum atomic E-state index is -0.0655. The quantitative estimate of drug-likeness (QED) is 0.874.